The summed E-state index contributed by atoms with van der Waals surface area (Å²) in [6.45, 7) is 0.400. The Balaban J connectivity index is 2.01. The molecule has 0 spiro atoms. The molecule has 0 fully saturated rings. The number of aliphatic hydroxyl groups is 1. The Morgan fingerprint density at radius 2 is 2.18 bits per heavy atom. The highest BCUT2D eigenvalue weighted by Crippen LogP contribution is 2.37. The third-order valence-electron chi connectivity index (χ3n) is 3.31. The first-order chi connectivity index (χ1) is 10.7. The van der Waals surface area contributed by atoms with Crippen molar-refractivity contribution in [2.45, 2.75) is 6.42 Å². The zero-order valence-electron chi connectivity index (χ0n) is 11.9. The molecule has 1 aliphatic heterocycles. The quantitative estimate of drug-likeness (QED) is 0.666. The van der Waals surface area contributed by atoms with E-state index in [1.807, 2.05) is 0 Å². The fourth-order valence-electron chi connectivity index (χ4n) is 2.28. The summed E-state index contributed by atoms with van der Waals surface area (Å²) in [6.07, 6.45) is 3.54. The van der Waals surface area contributed by atoms with E-state index in [9.17, 15) is 4.79 Å². The minimum Gasteiger partial charge on any atom is -0.465 e. The summed E-state index contributed by atoms with van der Waals surface area (Å²) in [6, 6.07) is 8.59. The number of fused-ring (bicyclic) bond motifs is 1. The van der Waals surface area contributed by atoms with Crippen molar-refractivity contribution in [2.75, 3.05) is 23.8 Å². The van der Waals surface area contributed by atoms with Crippen molar-refractivity contribution in [1.82, 2.24) is 0 Å². The van der Waals surface area contributed by atoms with E-state index in [1.165, 1.54) is 6.26 Å². The number of anilines is 2. The summed E-state index contributed by atoms with van der Waals surface area (Å²) < 4.78 is 10.9. The number of nitrogens with two attached hydrogens (primary N) is 1. The fraction of sp³-hybridized carbons (Fsp3) is 0.188. The summed E-state index contributed by atoms with van der Waals surface area (Å²) in [4.78, 5) is 14.2. The van der Waals surface area contributed by atoms with Crippen LogP contribution in [0.25, 0.3) is 6.08 Å². The van der Waals surface area contributed by atoms with Gasteiger partial charge in [-0.2, -0.15) is 0 Å². The third kappa shape index (κ3) is 2.68. The van der Waals surface area contributed by atoms with Gasteiger partial charge in [0, 0.05) is 31.0 Å². The molecule has 0 bridgehead atoms. The van der Waals surface area contributed by atoms with Gasteiger partial charge < -0.3 is 24.9 Å². The van der Waals surface area contributed by atoms with Crippen molar-refractivity contribution >= 4 is 23.4 Å². The molecule has 1 aliphatic rings. The monoisotopic (exact) mass is 300 g/mol. The molecule has 6 nitrogen and oxygen atoms in total. The minimum absolute atomic E-state index is 0.00613. The number of nitrogens with zero attached hydrogens (tertiary/aromatic N) is 1. The number of nitrogen functional groups attached to an aromatic ring is 1. The first-order valence-corrected chi connectivity index (χ1v) is 6.94. The van der Waals surface area contributed by atoms with Gasteiger partial charge in [0.1, 0.15) is 5.76 Å². The number of carbonyl (C=O) groups excluding carboxylic acids is 1. The van der Waals surface area contributed by atoms with E-state index < -0.39 is 0 Å². The van der Waals surface area contributed by atoms with Crippen LogP contribution in [-0.2, 0) is 4.79 Å². The van der Waals surface area contributed by atoms with Crippen LogP contribution >= 0.6 is 0 Å². The molecule has 3 N–H and O–H groups in total. The summed E-state index contributed by atoms with van der Waals surface area (Å²) in [5.74, 6) is 0.918. The Morgan fingerprint density at radius 1 is 1.32 bits per heavy atom. The van der Waals surface area contributed by atoms with Crippen LogP contribution in [0.1, 0.15) is 12.2 Å². The minimum atomic E-state index is -0.276. The number of hydrogen-bond acceptors (Lipinski definition) is 5. The van der Waals surface area contributed by atoms with Crippen LogP contribution in [0, 0.1) is 0 Å². The number of furan rings is 1. The molecule has 0 aliphatic carbocycles. The summed E-state index contributed by atoms with van der Waals surface area (Å²) in [5.41, 5.74) is 6.97. The molecule has 22 heavy (non-hydrogen) atoms. The highest BCUT2D eigenvalue weighted by atomic mass is 16.5. The van der Waals surface area contributed by atoms with Crippen molar-refractivity contribution in [3.05, 3.63) is 48.1 Å². The molecule has 0 saturated carbocycles. The molecule has 2 heterocycles. The summed E-state index contributed by atoms with van der Waals surface area (Å²) in [7, 11) is 0. The van der Waals surface area contributed by atoms with E-state index in [1.54, 1.807) is 41.3 Å². The van der Waals surface area contributed by atoms with Crippen molar-refractivity contribution in [1.29, 1.82) is 0 Å². The lowest BCUT2D eigenvalue weighted by atomic mass is 10.1. The van der Waals surface area contributed by atoms with Crippen molar-refractivity contribution < 1.29 is 19.1 Å². The molecular weight excluding hydrogens is 284 g/mol. The number of carbonyl (C=O) groups is 1. The Morgan fingerprint density at radius 3 is 2.91 bits per heavy atom. The number of amides is 1. The van der Waals surface area contributed by atoms with Crippen LogP contribution < -0.4 is 15.4 Å². The average Bonchev–Trinajstić information content (AvgIpc) is 3.00. The van der Waals surface area contributed by atoms with Crippen molar-refractivity contribution in [3.8, 4) is 5.75 Å². The lowest BCUT2D eigenvalue weighted by Gasteiger charge is -2.30. The normalized spacial score (nSPS) is 15.8. The Kier molecular flexibility index (Phi) is 3.84. The predicted molar refractivity (Wildman–Crippen MR) is 82.2 cm³/mol. The van der Waals surface area contributed by atoms with E-state index in [0.717, 1.165) is 0 Å². The van der Waals surface area contributed by atoms with Gasteiger partial charge in [-0.3, -0.25) is 4.79 Å². The molecule has 1 aromatic heterocycles. The van der Waals surface area contributed by atoms with E-state index in [-0.39, 0.29) is 18.3 Å². The second kappa shape index (κ2) is 5.95. The standard InChI is InChI=1S/C16H16N2O4/c17-11-4-5-13-14(9-11)22-15(10-12-3-1-8-21-12)16(20)18(13)6-2-7-19/h1,3-5,8-10,19H,2,6-7,17H2/b15-10+. The highest BCUT2D eigenvalue weighted by Gasteiger charge is 2.30. The number of ether oxygens (including phenoxy) is 1. The fourth-order valence-corrected chi connectivity index (χ4v) is 2.28. The lowest BCUT2D eigenvalue weighted by molar-refractivity contribution is -0.117. The number of aliphatic hydroxyl groups excluding tert-OH is 1. The number of rotatable bonds is 4. The van der Waals surface area contributed by atoms with Crippen LogP contribution in [0.2, 0.25) is 0 Å². The maximum absolute atomic E-state index is 12.6. The molecule has 1 aromatic carbocycles. The molecule has 0 radical (unpaired) electrons. The van der Waals surface area contributed by atoms with E-state index >= 15 is 0 Å². The van der Waals surface area contributed by atoms with Gasteiger partial charge in [-0.05, 0) is 30.7 Å². The third-order valence-corrected chi connectivity index (χ3v) is 3.31. The van der Waals surface area contributed by atoms with Crippen molar-refractivity contribution in [2.24, 2.45) is 0 Å². The highest BCUT2D eigenvalue weighted by molar-refractivity contribution is 6.09. The molecular formula is C16H16N2O4. The first kappa shape index (κ1) is 14.2. The van der Waals surface area contributed by atoms with E-state index in [0.29, 0.717) is 35.9 Å². The first-order valence-electron chi connectivity index (χ1n) is 6.94. The smallest absolute Gasteiger partial charge is 0.294 e. The molecule has 0 atom stereocenters. The van der Waals surface area contributed by atoms with Crippen molar-refractivity contribution in [3.63, 3.8) is 0 Å². The van der Waals surface area contributed by atoms with Crippen LogP contribution in [-0.4, -0.2) is 24.2 Å². The van der Waals surface area contributed by atoms with Crippen LogP contribution in [0.3, 0.4) is 0 Å². The average molecular weight is 300 g/mol. The molecule has 0 saturated heterocycles. The Labute approximate surface area is 127 Å². The largest absolute Gasteiger partial charge is 0.465 e. The maximum Gasteiger partial charge on any atom is 0.294 e. The Bertz CT molecular complexity index is 707. The number of hydrogen-bond donors (Lipinski definition) is 2. The SMILES string of the molecule is Nc1ccc2c(c1)O/C(=C/c1ccco1)C(=O)N2CCCO. The van der Waals surface area contributed by atoms with Gasteiger partial charge in [0.2, 0.25) is 0 Å². The van der Waals surface area contributed by atoms with Crippen LogP contribution in [0.4, 0.5) is 11.4 Å². The second-order valence-corrected chi connectivity index (χ2v) is 4.89. The molecule has 1 amide bonds. The molecule has 0 unspecified atom stereocenters. The number of benzene rings is 1. The van der Waals surface area contributed by atoms with Gasteiger partial charge in [-0.15, -0.1) is 0 Å². The van der Waals surface area contributed by atoms with Crippen LogP contribution in [0.5, 0.6) is 5.75 Å². The zero-order chi connectivity index (χ0) is 15.5. The maximum atomic E-state index is 12.6. The second-order valence-electron chi connectivity index (χ2n) is 4.89. The van der Waals surface area contributed by atoms with Gasteiger partial charge in [0.05, 0.1) is 12.0 Å². The van der Waals surface area contributed by atoms with Gasteiger partial charge in [0.15, 0.2) is 11.5 Å². The molecule has 6 heteroatoms. The van der Waals surface area contributed by atoms with Gasteiger partial charge >= 0.3 is 0 Å². The lowest BCUT2D eigenvalue weighted by Crippen LogP contribution is -2.38. The van der Waals surface area contributed by atoms with Crippen LogP contribution in [0.15, 0.2) is 46.8 Å². The van der Waals surface area contributed by atoms with Gasteiger partial charge in [0.25, 0.3) is 5.91 Å². The molecule has 114 valence electrons. The van der Waals surface area contributed by atoms with E-state index in [2.05, 4.69) is 0 Å². The zero-order valence-corrected chi connectivity index (χ0v) is 11.9. The predicted octanol–water partition coefficient (Wildman–Crippen LogP) is 2.01. The summed E-state index contributed by atoms with van der Waals surface area (Å²) in [5, 5.41) is 9.03. The Hall–Kier alpha value is -2.73. The molecule has 3 rings (SSSR count). The van der Waals surface area contributed by atoms with Gasteiger partial charge in [-0.25, -0.2) is 0 Å². The summed E-state index contributed by atoms with van der Waals surface area (Å²) >= 11 is 0. The van der Waals surface area contributed by atoms with E-state index in [4.69, 9.17) is 20.0 Å². The molecule has 2 aromatic rings. The van der Waals surface area contributed by atoms with Gasteiger partial charge in [-0.1, -0.05) is 0 Å². The topological polar surface area (TPSA) is 88.9 Å².